The summed E-state index contributed by atoms with van der Waals surface area (Å²) in [6.45, 7) is 2.31. The van der Waals surface area contributed by atoms with Crippen molar-refractivity contribution in [2.45, 2.75) is 6.92 Å². The number of nitrogens with zero attached hydrogens (tertiary/aromatic N) is 1. The summed E-state index contributed by atoms with van der Waals surface area (Å²) in [4.78, 5) is 38.9. The largest absolute Gasteiger partial charge is 0.492 e. The number of hydrogen-bond donors (Lipinski definition) is 0. The van der Waals surface area contributed by atoms with E-state index < -0.39 is 5.97 Å². The van der Waals surface area contributed by atoms with Crippen LogP contribution in [0.4, 0.5) is 4.79 Å². The van der Waals surface area contributed by atoms with Gasteiger partial charge in [-0.15, -0.1) is 0 Å². The monoisotopic (exact) mass is 527 g/mol. The molecular formula is C26H19Cl2NO5S. The smallest absolute Gasteiger partial charge is 0.345 e. The number of benzene rings is 3. The quantitative estimate of drug-likeness (QED) is 0.195. The summed E-state index contributed by atoms with van der Waals surface area (Å²) in [7, 11) is 0. The van der Waals surface area contributed by atoms with E-state index in [1.807, 2.05) is 31.2 Å². The van der Waals surface area contributed by atoms with Gasteiger partial charge in [0.05, 0.1) is 22.0 Å². The number of esters is 1. The fourth-order valence-corrected chi connectivity index (χ4v) is 4.60. The molecule has 0 unspecified atom stereocenters. The van der Waals surface area contributed by atoms with Crippen LogP contribution in [-0.4, -0.2) is 35.2 Å². The van der Waals surface area contributed by atoms with Crippen LogP contribution in [0.3, 0.4) is 0 Å². The Kier molecular flexibility index (Phi) is 7.80. The van der Waals surface area contributed by atoms with Gasteiger partial charge >= 0.3 is 5.97 Å². The lowest BCUT2D eigenvalue weighted by Crippen LogP contribution is -2.32. The summed E-state index contributed by atoms with van der Waals surface area (Å²) < 4.78 is 11.0. The number of carbonyl (C=O) groups is 3. The molecular weight excluding hydrogens is 509 g/mol. The van der Waals surface area contributed by atoms with E-state index in [9.17, 15) is 14.4 Å². The van der Waals surface area contributed by atoms with Crippen LogP contribution >= 0.6 is 35.0 Å². The average molecular weight is 528 g/mol. The Balaban J connectivity index is 1.36. The molecule has 3 aromatic rings. The van der Waals surface area contributed by atoms with E-state index in [0.29, 0.717) is 27.0 Å². The molecule has 1 heterocycles. The van der Waals surface area contributed by atoms with E-state index in [-0.39, 0.29) is 34.9 Å². The molecule has 0 aliphatic carbocycles. The van der Waals surface area contributed by atoms with E-state index in [0.717, 1.165) is 22.2 Å². The topological polar surface area (TPSA) is 72.9 Å². The van der Waals surface area contributed by atoms with Crippen molar-refractivity contribution in [1.82, 2.24) is 4.90 Å². The number of carbonyl (C=O) groups excluding carboxylic acids is 3. The van der Waals surface area contributed by atoms with Crippen LogP contribution in [0.15, 0.2) is 71.6 Å². The Hall–Kier alpha value is -3.26. The maximum Gasteiger partial charge on any atom is 0.345 e. The number of imide groups is 1. The molecule has 3 aromatic carbocycles. The molecule has 4 rings (SSSR count). The van der Waals surface area contributed by atoms with Crippen molar-refractivity contribution in [2.24, 2.45) is 0 Å². The second-order valence-corrected chi connectivity index (χ2v) is 9.42. The van der Waals surface area contributed by atoms with E-state index in [2.05, 4.69) is 0 Å². The molecule has 35 heavy (non-hydrogen) atoms. The molecule has 0 N–H and O–H groups in total. The minimum atomic E-state index is -0.617. The fraction of sp³-hybridized carbons (Fsp3) is 0.115. The minimum Gasteiger partial charge on any atom is -0.492 e. The van der Waals surface area contributed by atoms with Gasteiger partial charge in [-0.3, -0.25) is 14.5 Å². The number of hydrogen-bond acceptors (Lipinski definition) is 6. The molecule has 6 nitrogen and oxygen atoms in total. The third kappa shape index (κ3) is 6.25. The Morgan fingerprint density at radius 2 is 1.77 bits per heavy atom. The van der Waals surface area contributed by atoms with Crippen LogP contribution in [-0.2, 0) is 4.79 Å². The van der Waals surface area contributed by atoms with E-state index in [1.165, 1.54) is 12.1 Å². The maximum atomic E-state index is 12.7. The van der Waals surface area contributed by atoms with Gasteiger partial charge in [0.1, 0.15) is 18.1 Å². The molecule has 0 radical (unpaired) electrons. The van der Waals surface area contributed by atoms with Crippen LogP contribution in [0.5, 0.6) is 11.5 Å². The van der Waals surface area contributed by atoms with Gasteiger partial charge in [-0.2, -0.15) is 0 Å². The van der Waals surface area contributed by atoms with E-state index in [1.54, 1.807) is 36.4 Å². The molecule has 1 fully saturated rings. The first-order valence-corrected chi connectivity index (χ1v) is 12.1. The normalized spacial score (nSPS) is 14.5. The molecule has 178 valence electrons. The van der Waals surface area contributed by atoms with Gasteiger partial charge in [0.25, 0.3) is 11.1 Å². The second-order valence-electron chi connectivity index (χ2n) is 7.58. The van der Waals surface area contributed by atoms with Gasteiger partial charge in [-0.1, -0.05) is 47.5 Å². The lowest BCUT2D eigenvalue weighted by molar-refractivity contribution is -0.123. The highest BCUT2D eigenvalue weighted by atomic mass is 35.5. The van der Waals surface area contributed by atoms with E-state index >= 15 is 0 Å². The molecule has 0 spiro atoms. The first-order valence-electron chi connectivity index (χ1n) is 10.5. The molecule has 2 amide bonds. The predicted molar refractivity (Wildman–Crippen MR) is 137 cm³/mol. The van der Waals surface area contributed by atoms with Crippen LogP contribution in [0.25, 0.3) is 6.08 Å². The number of ether oxygens (including phenoxy) is 2. The summed E-state index contributed by atoms with van der Waals surface area (Å²) in [6.07, 6.45) is 1.62. The zero-order chi connectivity index (χ0) is 24.9. The van der Waals surface area contributed by atoms with Crippen molar-refractivity contribution in [3.63, 3.8) is 0 Å². The number of amides is 2. The zero-order valence-corrected chi connectivity index (χ0v) is 20.8. The van der Waals surface area contributed by atoms with Crippen molar-refractivity contribution in [1.29, 1.82) is 0 Å². The first kappa shape index (κ1) is 24.9. The van der Waals surface area contributed by atoms with Crippen LogP contribution < -0.4 is 9.47 Å². The Morgan fingerprint density at radius 1 is 1.00 bits per heavy atom. The Labute approximate surface area is 216 Å². The fourth-order valence-electron chi connectivity index (χ4n) is 3.25. The highest BCUT2D eigenvalue weighted by molar-refractivity contribution is 8.18. The third-order valence-corrected chi connectivity index (χ3v) is 6.44. The average Bonchev–Trinajstić information content (AvgIpc) is 3.07. The zero-order valence-electron chi connectivity index (χ0n) is 18.5. The van der Waals surface area contributed by atoms with Gasteiger partial charge in [0.2, 0.25) is 0 Å². The molecule has 0 atom stereocenters. The van der Waals surface area contributed by atoms with Gasteiger partial charge < -0.3 is 9.47 Å². The Bertz CT molecular complexity index is 1320. The standard InChI is InChI=1S/C26H19Cl2NO5S/c1-16-3-2-4-20(13-16)33-12-11-29-24(30)23(35-26(29)32)14-17-5-8-19(9-6-17)34-25(31)21-10-7-18(27)15-22(21)28/h2-10,13-15H,11-12H2,1H3/b23-14-. The third-order valence-electron chi connectivity index (χ3n) is 4.99. The number of aryl methyl sites for hydroxylation is 1. The number of thioether (sulfide) groups is 1. The summed E-state index contributed by atoms with van der Waals surface area (Å²) in [6, 6.07) is 18.6. The molecule has 0 saturated carbocycles. The summed E-state index contributed by atoms with van der Waals surface area (Å²) in [5.74, 6) is 0.000325. The molecule has 0 aromatic heterocycles. The van der Waals surface area contributed by atoms with Crippen molar-refractivity contribution in [2.75, 3.05) is 13.2 Å². The van der Waals surface area contributed by atoms with E-state index in [4.69, 9.17) is 32.7 Å². The van der Waals surface area contributed by atoms with Gasteiger partial charge in [-0.05, 0) is 78.4 Å². The molecule has 1 aliphatic heterocycles. The molecule has 9 heteroatoms. The van der Waals surface area contributed by atoms with Crippen molar-refractivity contribution >= 4 is 58.2 Å². The highest BCUT2D eigenvalue weighted by Gasteiger charge is 2.34. The lowest BCUT2D eigenvalue weighted by Gasteiger charge is -2.13. The number of rotatable bonds is 7. The predicted octanol–water partition coefficient (Wildman–Crippen LogP) is 6.64. The summed E-state index contributed by atoms with van der Waals surface area (Å²) in [5.41, 5.74) is 1.93. The van der Waals surface area contributed by atoms with Crippen molar-refractivity contribution < 1.29 is 23.9 Å². The summed E-state index contributed by atoms with van der Waals surface area (Å²) in [5, 5.41) is 0.262. The lowest BCUT2D eigenvalue weighted by atomic mass is 10.2. The first-order chi connectivity index (χ1) is 16.8. The summed E-state index contributed by atoms with van der Waals surface area (Å²) >= 11 is 12.8. The second kappa shape index (κ2) is 11.0. The van der Waals surface area contributed by atoms with Crippen molar-refractivity contribution in [3.8, 4) is 11.5 Å². The van der Waals surface area contributed by atoms with Gasteiger partial charge in [-0.25, -0.2) is 4.79 Å². The van der Waals surface area contributed by atoms with Crippen LogP contribution in [0.1, 0.15) is 21.5 Å². The highest BCUT2D eigenvalue weighted by Crippen LogP contribution is 2.32. The molecule has 0 bridgehead atoms. The molecule has 1 saturated heterocycles. The van der Waals surface area contributed by atoms with Crippen LogP contribution in [0.2, 0.25) is 10.0 Å². The van der Waals surface area contributed by atoms with Crippen molar-refractivity contribution in [3.05, 3.63) is 98.4 Å². The van der Waals surface area contributed by atoms with Gasteiger partial charge in [0, 0.05) is 5.02 Å². The van der Waals surface area contributed by atoms with Gasteiger partial charge in [0.15, 0.2) is 0 Å². The van der Waals surface area contributed by atoms with Crippen LogP contribution in [0, 0.1) is 6.92 Å². The SMILES string of the molecule is Cc1cccc(OCCN2C(=O)S/C(=C\c3ccc(OC(=O)c4ccc(Cl)cc4Cl)cc3)C2=O)c1. The minimum absolute atomic E-state index is 0.151. The Morgan fingerprint density at radius 3 is 2.49 bits per heavy atom. The maximum absolute atomic E-state index is 12.7. The molecule has 1 aliphatic rings. The number of halogens is 2.